The third kappa shape index (κ3) is 6.09. The van der Waals surface area contributed by atoms with Crippen molar-refractivity contribution >= 4 is 41.2 Å². The van der Waals surface area contributed by atoms with Gasteiger partial charge in [-0.15, -0.1) is 0 Å². The molecule has 0 saturated carbocycles. The Labute approximate surface area is 186 Å². The lowest BCUT2D eigenvalue weighted by Crippen LogP contribution is -2.41. The van der Waals surface area contributed by atoms with Gasteiger partial charge in [0.2, 0.25) is 0 Å². The minimum absolute atomic E-state index is 0.0703. The molecular weight excluding hydrogens is 453 g/mol. The molecule has 1 fully saturated rings. The van der Waals surface area contributed by atoms with Gasteiger partial charge in [-0.05, 0) is 71.6 Å². The average molecular weight is 482 g/mol. The Hall–Kier alpha value is -1.84. The summed E-state index contributed by atoms with van der Waals surface area (Å²) in [6.45, 7) is 13.1. The number of hydrogen-bond acceptors (Lipinski definition) is 5. The molecule has 1 heterocycles. The molecule has 30 heavy (non-hydrogen) atoms. The van der Waals surface area contributed by atoms with Crippen molar-refractivity contribution in [2.45, 2.75) is 65.3 Å². The summed E-state index contributed by atoms with van der Waals surface area (Å²) >= 11 is 3.30. The minimum atomic E-state index is -1.06. The summed E-state index contributed by atoms with van der Waals surface area (Å²) in [4.78, 5) is 23.9. The Balaban J connectivity index is 2.39. The number of carbonyl (C=O) groups excluding carboxylic acids is 1. The molecule has 0 unspecified atom stereocenters. The van der Waals surface area contributed by atoms with E-state index in [1.165, 1.54) is 6.07 Å². The van der Waals surface area contributed by atoms with Gasteiger partial charge in [0.25, 0.3) is 0 Å². The van der Waals surface area contributed by atoms with Gasteiger partial charge in [0.15, 0.2) is 0 Å². The lowest BCUT2D eigenvalue weighted by atomic mass is 9.76. The molecule has 0 aliphatic carbocycles. The Morgan fingerprint density at radius 2 is 1.77 bits per heavy atom. The first-order chi connectivity index (χ1) is 13.6. The lowest BCUT2D eigenvalue weighted by Gasteiger charge is -2.32. The van der Waals surface area contributed by atoms with Crippen LogP contribution in [-0.4, -0.2) is 47.6 Å². The summed E-state index contributed by atoms with van der Waals surface area (Å²) in [5.41, 5.74) is -0.641. The fourth-order valence-electron chi connectivity index (χ4n) is 2.72. The minimum Gasteiger partial charge on any atom is -0.478 e. The summed E-state index contributed by atoms with van der Waals surface area (Å²) in [7, 11) is -0.754. The van der Waals surface area contributed by atoms with Gasteiger partial charge in [-0.25, -0.2) is 9.59 Å². The Morgan fingerprint density at radius 3 is 2.27 bits per heavy atom. The SMILES string of the molecule is CC(C)(C)OC(=O)NCC(=Cc1ccc(Br)cc1C(=O)O)B1OC(C)(C)C(C)(C)O1. The van der Waals surface area contributed by atoms with E-state index in [9.17, 15) is 14.7 Å². The number of hydrogen-bond donors (Lipinski definition) is 2. The molecule has 1 aromatic rings. The van der Waals surface area contributed by atoms with Crippen molar-refractivity contribution in [3.8, 4) is 0 Å². The van der Waals surface area contributed by atoms with Crippen LogP contribution in [-0.2, 0) is 14.0 Å². The predicted octanol–water partition coefficient (Wildman–Crippen LogP) is 4.69. The second kappa shape index (κ2) is 8.73. The normalized spacial score (nSPS) is 18.3. The summed E-state index contributed by atoms with van der Waals surface area (Å²) in [5.74, 6) is -1.06. The third-order valence-electron chi connectivity index (χ3n) is 4.98. The first-order valence-electron chi connectivity index (χ1n) is 9.67. The topological polar surface area (TPSA) is 94.1 Å². The van der Waals surface area contributed by atoms with Gasteiger partial charge in [0.05, 0.1) is 16.8 Å². The Morgan fingerprint density at radius 1 is 1.20 bits per heavy atom. The Kier molecular flexibility index (Phi) is 7.11. The maximum atomic E-state index is 12.2. The highest BCUT2D eigenvalue weighted by atomic mass is 79.9. The highest BCUT2D eigenvalue weighted by molar-refractivity contribution is 9.10. The summed E-state index contributed by atoms with van der Waals surface area (Å²) in [6.07, 6.45) is 1.09. The van der Waals surface area contributed by atoms with Crippen LogP contribution in [0.2, 0.25) is 0 Å². The van der Waals surface area contributed by atoms with Crippen LogP contribution in [0.15, 0.2) is 28.1 Å². The van der Waals surface area contributed by atoms with E-state index in [0.717, 1.165) is 0 Å². The summed E-state index contributed by atoms with van der Waals surface area (Å²) in [5, 5.41) is 12.3. The average Bonchev–Trinajstić information content (AvgIpc) is 2.78. The van der Waals surface area contributed by atoms with Crippen LogP contribution in [0.3, 0.4) is 0 Å². The van der Waals surface area contributed by atoms with Crippen molar-refractivity contribution in [3.63, 3.8) is 0 Å². The van der Waals surface area contributed by atoms with Crippen molar-refractivity contribution in [2.24, 2.45) is 0 Å². The largest absolute Gasteiger partial charge is 0.492 e. The first kappa shape index (κ1) is 24.4. The van der Waals surface area contributed by atoms with E-state index in [0.29, 0.717) is 15.5 Å². The molecule has 0 spiro atoms. The number of aromatic carboxylic acids is 1. The summed E-state index contributed by atoms with van der Waals surface area (Å²) in [6, 6.07) is 4.96. The van der Waals surface area contributed by atoms with Gasteiger partial charge in [-0.3, -0.25) is 0 Å². The molecule has 2 N–H and O–H groups in total. The first-order valence-corrected chi connectivity index (χ1v) is 10.5. The molecule has 2 rings (SSSR count). The number of halogens is 1. The second-order valence-corrected chi connectivity index (χ2v) is 10.1. The number of amides is 1. The van der Waals surface area contributed by atoms with E-state index in [4.69, 9.17) is 14.0 Å². The van der Waals surface area contributed by atoms with Crippen LogP contribution >= 0.6 is 15.9 Å². The zero-order valence-corrected chi connectivity index (χ0v) is 20.0. The molecule has 0 bridgehead atoms. The van der Waals surface area contributed by atoms with Gasteiger partial charge in [0, 0.05) is 11.0 Å². The third-order valence-corrected chi connectivity index (χ3v) is 5.47. The monoisotopic (exact) mass is 481 g/mol. The number of ether oxygens (including phenoxy) is 1. The number of rotatable bonds is 5. The molecule has 1 aromatic carbocycles. The predicted molar refractivity (Wildman–Crippen MR) is 119 cm³/mol. The van der Waals surface area contributed by atoms with E-state index < -0.39 is 36.0 Å². The van der Waals surface area contributed by atoms with E-state index in [-0.39, 0.29) is 12.1 Å². The molecule has 0 aromatic heterocycles. The molecular formula is C21H29BBrNO6. The van der Waals surface area contributed by atoms with Crippen LogP contribution < -0.4 is 5.32 Å². The fourth-order valence-corrected chi connectivity index (χ4v) is 3.09. The molecule has 0 atom stereocenters. The van der Waals surface area contributed by atoms with Crippen molar-refractivity contribution < 1.29 is 28.7 Å². The van der Waals surface area contributed by atoms with E-state index in [1.54, 1.807) is 39.0 Å². The van der Waals surface area contributed by atoms with Crippen molar-refractivity contribution in [3.05, 3.63) is 39.3 Å². The van der Waals surface area contributed by atoms with E-state index >= 15 is 0 Å². The van der Waals surface area contributed by atoms with Crippen LogP contribution in [0, 0.1) is 0 Å². The number of alkyl carbamates (subject to hydrolysis) is 1. The van der Waals surface area contributed by atoms with Gasteiger partial charge in [-0.2, -0.15) is 0 Å². The zero-order valence-electron chi connectivity index (χ0n) is 18.5. The van der Waals surface area contributed by atoms with Gasteiger partial charge < -0.3 is 24.5 Å². The molecule has 1 saturated heterocycles. The fraction of sp³-hybridized carbons (Fsp3) is 0.524. The molecule has 1 aliphatic rings. The van der Waals surface area contributed by atoms with Gasteiger partial charge >= 0.3 is 19.2 Å². The van der Waals surface area contributed by atoms with E-state index in [1.807, 2.05) is 27.7 Å². The number of benzene rings is 1. The number of carboxylic acids is 1. The quantitative estimate of drug-likeness (QED) is 0.592. The number of carboxylic acid groups (broad SMARTS) is 1. The maximum absolute atomic E-state index is 12.2. The van der Waals surface area contributed by atoms with Crippen molar-refractivity contribution in [1.29, 1.82) is 0 Å². The Bertz CT molecular complexity index is 844. The molecule has 1 amide bonds. The highest BCUT2D eigenvalue weighted by Gasteiger charge is 2.52. The van der Waals surface area contributed by atoms with Gasteiger partial charge in [0.1, 0.15) is 5.60 Å². The smallest absolute Gasteiger partial charge is 0.478 e. The zero-order chi connectivity index (χ0) is 22.9. The van der Waals surface area contributed by atoms with Crippen molar-refractivity contribution in [2.75, 3.05) is 6.54 Å². The second-order valence-electron chi connectivity index (χ2n) is 9.20. The number of nitrogens with one attached hydrogen (secondary N) is 1. The summed E-state index contributed by atoms with van der Waals surface area (Å²) < 4.78 is 18.2. The van der Waals surface area contributed by atoms with Crippen molar-refractivity contribution in [1.82, 2.24) is 5.32 Å². The molecule has 9 heteroatoms. The number of carbonyl (C=O) groups is 2. The van der Waals surface area contributed by atoms with Gasteiger partial charge in [-0.1, -0.05) is 28.1 Å². The van der Waals surface area contributed by atoms with Crippen LogP contribution in [0.4, 0.5) is 4.79 Å². The van der Waals surface area contributed by atoms with E-state index in [2.05, 4.69) is 21.2 Å². The molecule has 1 aliphatic heterocycles. The van der Waals surface area contributed by atoms with Crippen LogP contribution in [0.5, 0.6) is 0 Å². The van der Waals surface area contributed by atoms with Crippen LogP contribution in [0.25, 0.3) is 6.08 Å². The molecule has 164 valence electrons. The molecule has 7 nitrogen and oxygen atoms in total. The molecule has 0 radical (unpaired) electrons. The highest BCUT2D eigenvalue weighted by Crippen LogP contribution is 2.39. The van der Waals surface area contributed by atoms with Crippen LogP contribution in [0.1, 0.15) is 64.4 Å². The maximum Gasteiger partial charge on any atom is 0.492 e. The lowest BCUT2D eigenvalue weighted by molar-refractivity contribution is 0.00578. The standard InChI is InChI=1S/C21H29BBrNO6/c1-19(2,3)28-18(27)24-12-14(22-29-20(4,5)21(6,7)30-22)10-13-8-9-15(23)11-16(13)17(25)26/h8-11H,12H2,1-7H3,(H,24,27)(H,25,26).